The molecule has 2 aromatic rings. The van der Waals surface area contributed by atoms with E-state index in [1.54, 1.807) is 14.2 Å². The Labute approximate surface area is 172 Å². The summed E-state index contributed by atoms with van der Waals surface area (Å²) in [4.78, 5) is 15.4. The monoisotopic (exact) mass is 395 g/mol. The number of nitrogens with zero attached hydrogens (tertiary/aromatic N) is 1. The highest BCUT2D eigenvalue weighted by molar-refractivity contribution is 5.94. The van der Waals surface area contributed by atoms with Crippen molar-refractivity contribution < 1.29 is 19.4 Å². The van der Waals surface area contributed by atoms with Crippen LogP contribution in [-0.2, 0) is 0 Å². The van der Waals surface area contributed by atoms with Crippen molar-refractivity contribution >= 4 is 5.91 Å². The van der Waals surface area contributed by atoms with E-state index < -0.39 is 5.60 Å². The molecule has 154 valence electrons. The summed E-state index contributed by atoms with van der Waals surface area (Å²) in [5, 5.41) is 11.5. The number of carbonyl (C=O) groups is 1. The maximum Gasteiger partial charge on any atom is 0.254 e. The Hall–Kier alpha value is -2.53. The van der Waals surface area contributed by atoms with Gasteiger partial charge in [0.25, 0.3) is 5.91 Å². The molecule has 3 atom stereocenters. The van der Waals surface area contributed by atoms with Crippen molar-refractivity contribution in [2.75, 3.05) is 20.8 Å². The van der Waals surface area contributed by atoms with Crippen LogP contribution in [0.1, 0.15) is 54.1 Å². The van der Waals surface area contributed by atoms with Crippen LogP contribution in [0.4, 0.5) is 0 Å². The Balaban J connectivity index is 1.82. The number of aliphatic hydroxyl groups is 1. The molecule has 2 aromatic carbocycles. The van der Waals surface area contributed by atoms with Crippen LogP contribution in [0.15, 0.2) is 48.5 Å². The predicted octanol–water partition coefficient (Wildman–Crippen LogP) is 4.21. The molecular formula is C24H29NO4. The van der Waals surface area contributed by atoms with E-state index in [1.807, 2.05) is 53.4 Å². The number of carbonyl (C=O) groups excluding carboxylic acids is 1. The van der Waals surface area contributed by atoms with Gasteiger partial charge in [0, 0.05) is 23.6 Å². The van der Waals surface area contributed by atoms with Crippen LogP contribution in [0.3, 0.4) is 0 Å². The minimum absolute atomic E-state index is 0.00639. The summed E-state index contributed by atoms with van der Waals surface area (Å²) in [6, 6.07) is 14.8. The molecule has 2 fully saturated rings. The van der Waals surface area contributed by atoms with Crippen LogP contribution in [-0.4, -0.2) is 42.3 Å². The number of methoxy groups -OCH3 is 2. The van der Waals surface area contributed by atoms with E-state index in [0.717, 1.165) is 42.7 Å². The Kier molecular flexibility index (Phi) is 5.50. The van der Waals surface area contributed by atoms with E-state index in [1.165, 1.54) is 0 Å². The van der Waals surface area contributed by atoms with Gasteiger partial charge >= 0.3 is 0 Å². The Bertz CT molecular complexity index is 868. The van der Waals surface area contributed by atoms with Crippen LogP contribution < -0.4 is 9.47 Å². The van der Waals surface area contributed by atoms with Gasteiger partial charge in [-0.3, -0.25) is 4.79 Å². The SMILES string of the molecule is COc1ccc(OC)c([C@H]2[C@H]3CCCC[C@]3(O)CCN2C(=O)c2ccccc2)c1. The molecular weight excluding hydrogens is 366 g/mol. The summed E-state index contributed by atoms with van der Waals surface area (Å²) < 4.78 is 11.1. The van der Waals surface area contributed by atoms with E-state index in [-0.39, 0.29) is 17.9 Å². The molecule has 0 radical (unpaired) electrons. The molecule has 1 N–H and O–H groups in total. The molecule has 2 aliphatic rings. The summed E-state index contributed by atoms with van der Waals surface area (Å²) in [5.41, 5.74) is 0.826. The predicted molar refractivity (Wildman–Crippen MR) is 111 cm³/mol. The van der Waals surface area contributed by atoms with Crippen molar-refractivity contribution in [2.24, 2.45) is 5.92 Å². The molecule has 1 saturated heterocycles. The van der Waals surface area contributed by atoms with Gasteiger partial charge in [0.2, 0.25) is 0 Å². The first-order valence-electron chi connectivity index (χ1n) is 10.4. The van der Waals surface area contributed by atoms with Crippen LogP contribution in [0.2, 0.25) is 0 Å². The lowest BCUT2D eigenvalue weighted by Crippen LogP contribution is -2.56. The lowest BCUT2D eigenvalue weighted by molar-refractivity contribution is -0.115. The number of amides is 1. The molecule has 1 amide bonds. The van der Waals surface area contributed by atoms with E-state index in [2.05, 4.69) is 0 Å². The number of fused-ring (bicyclic) bond motifs is 1. The minimum atomic E-state index is -0.746. The second-order valence-electron chi connectivity index (χ2n) is 8.12. The first-order valence-corrected chi connectivity index (χ1v) is 10.4. The molecule has 29 heavy (non-hydrogen) atoms. The van der Waals surface area contributed by atoms with E-state index >= 15 is 0 Å². The second kappa shape index (κ2) is 8.07. The summed E-state index contributed by atoms with van der Waals surface area (Å²) in [6.45, 7) is 0.520. The van der Waals surface area contributed by atoms with Crippen LogP contribution in [0.25, 0.3) is 0 Å². The van der Waals surface area contributed by atoms with Crippen molar-refractivity contribution in [1.29, 1.82) is 0 Å². The number of piperidine rings is 1. The number of hydrogen-bond donors (Lipinski definition) is 1. The molecule has 5 heteroatoms. The largest absolute Gasteiger partial charge is 0.497 e. The van der Waals surface area contributed by atoms with Gasteiger partial charge in [-0.25, -0.2) is 0 Å². The fourth-order valence-corrected chi connectivity index (χ4v) is 5.11. The summed E-state index contributed by atoms with van der Waals surface area (Å²) in [6.07, 6.45) is 4.37. The van der Waals surface area contributed by atoms with E-state index in [9.17, 15) is 9.90 Å². The van der Waals surface area contributed by atoms with Crippen molar-refractivity contribution in [3.63, 3.8) is 0 Å². The van der Waals surface area contributed by atoms with Gasteiger partial charge in [0.05, 0.1) is 25.9 Å². The first-order chi connectivity index (χ1) is 14.1. The number of likely N-dealkylation sites (tertiary alicyclic amines) is 1. The second-order valence-corrected chi connectivity index (χ2v) is 8.12. The molecule has 4 rings (SSSR count). The first kappa shape index (κ1) is 19.8. The highest BCUT2D eigenvalue weighted by atomic mass is 16.5. The zero-order chi connectivity index (χ0) is 20.4. The molecule has 1 saturated carbocycles. The quantitative estimate of drug-likeness (QED) is 0.842. The molecule has 0 bridgehead atoms. The molecule has 0 spiro atoms. The van der Waals surface area contributed by atoms with Crippen LogP contribution in [0, 0.1) is 5.92 Å². The average molecular weight is 395 g/mol. The lowest BCUT2D eigenvalue weighted by atomic mass is 9.66. The minimum Gasteiger partial charge on any atom is -0.497 e. The Morgan fingerprint density at radius 2 is 1.86 bits per heavy atom. The van der Waals surface area contributed by atoms with Gasteiger partial charge in [-0.1, -0.05) is 31.0 Å². The zero-order valence-corrected chi connectivity index (χ0v) is 17.1. The highest BCUT2D eigenvalue weighted by Crippen LogP contribution is 2.51. The van der Waals surface area contributed by atoms with Crippen LogP contribution in [0.5, 0.6) is 11.5 Å². The standard InChI is InChI=1S/C24H29NO4/c1-28-18-11-12-21(29-2)19(16-18)22-20-10-6-7-13-24(20,27)14-15-25(22)23(26)17-8-4-3-5-9-17/h3-5,8-9,11-12,16,20,22,27H,6-7,10,13-15H2,1-2H3/t20-,22+,24+/m1/s1. The third-order valence-corrected chi connectivity index (χ3v) is 6.60. The van der Waals surface area contributed by atoms with Gasteiger partial charge < -0.3 is 19.5 Å². The van der Waals surface area contributed by atoms with Crippen LogP contribution >= 0.6 is 0 Å². The average Bonchev–Trinajstić information content (AvgIpc) is 2.77. The molecule has 1 aliphatic heterocycles. The Morgan fingerprint density at radius 3 is 2.59 bits per heavy atom. The molecule has 1 aliphatic carbocycles. The Morgan fingerprint density at radius 1 is 1.07 bits per heavy atom. The molecule has 5 nitrogen and oxygen atoms in total. The highest BCUT2D eigenvalue weighted by Gasteiger charge is 2.51. The fourth-order valence-electron chi connectivity index (χ4n) is 5.11. The number of hydrogen-bond acceptors (Lipinski definition) is 4. The smallest absolute Gasteiger partial charge is 0.254 e. The maximum atomic E-state index is 13.5. The number of benzene rings is 2. The zero-order valence-electron chi connectivity index (χ0n) is 17.1. The van der Waals surface area contributed by atoms with E-state index in [4.69, 9.17) is 9.47 Å². The third-order valence-electron chi connectivity index (χ3n) is 6.60. The fraction of sp³-hybridized carbons (Fsp3) is 0.458. The van der Waals surface area contributed by atoms with Gasteiger partial charge in [-0.05, 0) is 49.6 Å². The molecule has 0 unspecified atom stereocenters. The van der Waals surface area contributed by atoms with Gasteiger partial charge in [0.15, 0.2) is 0 Å². The van der Waals surface area contributed by atoms with Gasteiger partial charge in [-0.15, -0.1) is 0 Å². The number of rotatable bonds is 4. The van der Waals surface area contributed by atoms with Gasteiger partial charge in [-0.2, -0.15) is 0 Å². The van der Waals surface area contributed by atoms with Crippen molar-refractivity contribution in [2.45, 2.75) is 43.7 Å². The molecule has 0 aromatic heterocycles. The summed E-state index contributed by atoms with van der Waals surface area (Å²) >= 11 is 0. The van der Waals surface area contributed by atoms with Crippen molar-refractivity contribution in [3.8, 4) is 11.5 Å². The normalized spacial score (nSPS) is 26.5. The third kappa shape index (κ3) is 3.60. The summed E-state index contributed by atoms with van der Waals surface area (Å²) in [7, 11) is 3.28. The van der Waals surface area contributed by atoms with E-state index in [0.29, 0.717) is 18.5 Å². The molecule has 1 heterocycles. The maximum absolute atomic E-state index is 13.5. The summed E-state index contributed by atoms with van der Waals surface area (Å²) in [5.74, 6) is 1.40. The topological polar surface area (TPSA) is 59.0 Å². The van der Waals surface area contributed by atoms with Crippen molar-refractivity contribution in [1.82, 2.24) is 4.90 Å². The number of ether oxygens (including phenoxy) is 2. The van der Waals surface area contributed by atoms with Gasteiger partial charge in [0.1, 0.15) is 11.5 Å². The lowest BCUT2D eigenvalue weighted by Gasteiger charge is -2.52. The van der Waals surface area contributed by atoms with Crippen molar-refractivity contribution in [3.05, 3.63) is 59.7 Å².